The molecule has 4 aromatic rings. The summed E-state index contributed by atoms with van der Waals surface area (Å²) in [5, 5.41) is 6.88. The van der Waals surface area contributed by atoms with Gasteiger partial charge in [0.05, 0.1) is 25.9 Å². The van der Waals surface area contributed by atoms with Crippen LogP contribution in [0.15, 0.2) is 65.8 Å². The Kier molecular flexibility index (Phi) is 7.89. The fourth-order valence-corrected chi connectivity index (χ4v) is 6.72. The van der Waals surface area contributed by atoms with Crippen molar-refractivity contribution in [3.05, 3.63) is 76.6 Å². The molecule has 0 radical (unpaired) electrons. The summed E-state index contributed by atoms with van der Waals surface area (Å²) in [7, 11) is -3.32. The molecule has 0 spiro atoms. The Bertz CT molecular complexity index is 1560. The number of sulfone groups is 1. The van der Waals surface area contributed by atoms with Gasteiger partial charge in [-0.25, -0.2) is 22.8 Å². The molecule has 8 nitrogen and oxygen atoms in total. The summed E-state index contributed by atoms with van der Waals surface area (Å²) in [6.45, 7) is 1.88. The van der Waals surface area contributed by atoms with Crippen LogP contribution in [-0.2, 0) is 9.84 Å². The molecule has 198 valence electrons. The molecular weight excluding hydrogens is 549 g/mol. The third-order valence-corrected chi connectivity index (χ3v) is 9.48. The molecule has 1 amide bonds. The van der Waals surface area contributed by atoms with Crippen LogP contribution >= 0.6 is 22.9 Å². The fraction of sp³-hybridized carbons (Fsp3) is 0.269. The van der Waals surface area contributed by atoms with Gasteiger partial charge in [0.15, 0.2) is 9.84 Å². The van der Waals surface area contributed by atoms with Gasteiger partial charge in [-0.2, -0.15) is 0 Å². The van der Waals surface area contributed by atoms with Gasteiger partial charge in [0.2, 0.25) is 0 Å². The third-order valence-electron chi connectivity index (χ3n) is 6.44. The zero-order valence-corrected chi connectivity index (χ0v) is 22.6. The molecule has 0 unspecified atom stereocenters. The molecule has 1 aliphatic heterocycles. The lowest BCUT2D eigenvalue weighted by atomic mass is 10.1. The molecule has 1 saturated heterocycles. The van der Waals surface area contributed by atoms with Gasteiger partial charge in [0.1, 0.15) is 22.8 Å². The van der Waals surface area contributed by atoms with Gasteiger partial charge < -0.3 is 15.5 Å². The van der Waals surface area contributed by atoms with Crippen LogP contribution in [0.2, 0.25) is 5.02 Å². The van der Waals surface area contributed by atoms with Gasteiger partial charge in [-0.3, -0.25) is 4.79 Å². The van der Waals surface area contributed by atoms with E-state index in [0.29, 0.717) is 51.1 Å². The summed E-state index contributed by atoms with van der Waals surface area (Å²) in [4.78, 5) is 25.2. The van der Waals surface area contributed by atoms with E-state index in [1.165, 1.54) is 29.8 Å². The van der Waals surface area contributed by atoms with Crippen molar-refractivity contribution >= 4 is 60.4 Å². The number of carbonyl (C=O) groups is 1. The van der Waals surface area contributed by atoms with E-state index < -0.39 is 15.7 Å². The average molecular weight is 574 g/mol. The van der Waals surface area contributed by atoms with Crippen LogP contribution < -0.4 is 10.6 Å². The maximum Gasteiger partial charge on any atom is 0.261 e. The minimum Gasteiger partial charge on any atom is -0.349 e. The first-order valence-corrected chi connectivity index (χ1v) is 14.9. The number of thiophene rings is 1. The molecule has 0 bridgehead atoms. The second-order valence-corrected chi connectivity index (χ2v) is 12.6. The van der Waals surface area contributed by atoms with Crippen molar-refractivity contribution in [3.63, 3.8) is 0 Å². The first kappa shape index (κ1) is 26.5. The number of nitrogens with one attached hydrogen (secondary N) is 2. The largest absolute Gasteiger partial charge is 0.349 e. The predicted octanol–water partition coefficient (Wildman–Crippen LogP) is 4.90. The van der Waals surface area contributed by atoms with Crippen LogP contribution in [0.4, 0.5) is 15.9 Å². The van der Waals surface area contributed by atoms with Crippen LogP contribution in [0.5, 0.6) is 0 Å². The molecule has 2 N–H and O–H groups in total. The van der Waals surface area contributed by atoms with E-state index >= 15 is 0 Å². The molecular formula is C26H25ClFN5O3S2. The number of piperidine rings is 1. The van der Waals surface area contributed by atoms with Crippen molar-refractivity contribution in [2.45, 2.75) is 23.8 Å². The molecule has 1 aliphatic rings. The predicted molar refractivity (Wildman–Crippen MR) is 148 cm³/mol. The Morgan fingerprint density at radius 3 is 2.61 bits per heavy atom. The summed E-state index contributed by atoms with van der Waals surface area (Å²) in [6, 6.07) is 14.5. The first-order valence-electron chi connectivity index (χ1n) is 12.1. The van der Waals surface area contributed by atoms with Gasteiger partial charge in [-0.15, -0.1) is 11.3 Å². The van der Waals surface area contributed by atoms with E-state index in [1.807, 2.05) is 0 Å². The maximum absolute atomic E-state index is 13.5. The minimum absolute atomic E-state index is 0.000251. The Labute approximate surface area is 228 Å². The van der Waals surface area contributed by atoms with Crippen molar-refractivity contribution in [1.82, 2.24) is 20.2 Å². The van der Waals surface area contributed by atoms with Crippen LogP contribution in [0.25, 0.3) is 10.2 Å². The number of hydrogen-bond acceptors (Lipinski definition) is 8. The number of likely N-dealkylation sites (tertiary alicyclic amines) is 1. The van der Waals surface area contributed by atoms with Gasteiger partial charge in [-0.1, -0.05) is 29.8 Å². The number of benzene rings is 2. The number of anilines is 2. The van der Waals surface area contributed by atoms with Gasteiger partial charge in [0.25, 0.3) is 5.91 Å². The summed E-state index contributed by atoms with van der Waals surface area (Å²) in [5.41, 5.74) is 0.567. The van der Waals surface area contributed by atoms with E-state index in [-0.39, 0.29) is 22.7 Å². The summed E-state index contributed by atoms with van der Waals surface area (Å²) in [6.07, 6.45) is 2.88. The fourth-order valence-electron chi connectivity index (χ4n) is 4.33. The Morgan fingerprint density at radius 1 is 1.11 bits per heavy atom. The quantitative estimate of drug-likeness (QED) is 0.309. The van der Waals surface area contributed by atoms with Crippen LogP contribution in [0, 0.1) is 5.82 Å². The van der Waals surface area contributed by atoms with E-state index in [1.54, 1.807) is 42.5 Å². The van der Waals surface area contributed by atoms with Gasteiger partial charge >= 0.3 is 0 Å². The molecule has 2 aromatic heterocycles. The van der Waals surface area contributed by atoms with Crippen molar-refractivity contribution < 1.29 is 17.6 Å². The molecule has 0 atom stereocenters. The molecule has 0 saturated carbocycles. The Morgan fingerprint density at radius 2 is 1.87 bits per heavy atom. The molecule has 38 heavy (non-hydrogen) atoms. The molecule has 5 rings (SSSR count). The zero-order valence-electron chi connectivity index (χ0n) is 20.2. The Balaban J connectivity index is 1.17. The second-order valence-electron chi connectivity index (χ2n) is 9.03. The highest BCUT2D eigenvalue weighted by molar-refractivity contribution is 7.91. The lowest BCUT2D eigenvalue weighted by molar-refractivity contribution is 0.0917. The zero-order chi connectivity index (χ0) is 26.7. The minimum atomic E-state index is -3.32. The lowest BCUT2D eigenvalue weighted by Gasteiger charge is -2.32. The third kappa shape index (κ3) is 6.12. The number of carbonyl (C=O) groups excluding carboxylic acids is 1. The Hall–Kier alpha value is -3.12. The SMILES string of the molecule is O=C(NC1CCN(CCS(=O)(=O)c2ccccc2)CC1)c1cc2c(Nc3ccc(F)c(Cl)c3)ncnc2s1. The van der Waals surface area contributed by atoms with Crippen LogP contribution in [0.3, 0.4) is 0 Å². The highest BCUT2D eigenvalue weighted by Crippen LogP contribution is 2.31. The van der Waals surface area contributed by atoms with Crippen molar-refractivity contribution in [2.24, 2.45) is 0 Å². The van der Waals surface area contributed by atoms with Crippen molar-refractivity contribution in [3.8, 4) is 0 Å². The molecule has 2 aromatic carbocycles. The van der Waals surface area contributed by atoms with E-state index in [9.17, 15) is 17.6 Å². The second kappa shape index (κ2) is 11.3. The van der Waals surface area contributed by atoms with Crippen molar-refractivity contribution in [2.75, 3.05) is 30.7 Å². The maximum atomic E-state index is 13.5. The highest BCUT2D eigenvalue weighted by atomic mass is 35.5. The number of hydrogen-bond donors (Lipinski definition) is 2. The van der Waals surface area contributed by atoms with Crippen molar-refractivity contribution in [1.29, 1.82) is 0 Å². The normalized spacial score (nSPS) is 15.0. The van der Waals surface area contributed by atoms with E-state index in [0.717, 1.165) is 12.8 Å². The monoisotopic (exact) mass is 573 g/mol. The molecule has 0 aliphatic carbocycles. The molecule has 12 heteroatoms. The summed E-state index contributed by atoms with van der Waals surface area (Å²) >= 11 is 7.15. The van der Waals surface area contributed by atoms with E-state index in [4.69, 9.17) is 11.6 Å². The summed E-state index contributed by atoms with van der Waals surface area (Å²) in [5.74, 6) is -0.139. The van der Waals surface area contributed by atoms with Crippen LogP contribution in [-0.4, -0.2) is 60.6 Å². The average Bonchev–Trinajstić information content (AvgIpc) is 3.37. The number of amides is 1. The number of halogens is 2. The molecule has 3 heterocycles. The number of nitrogens with zero attached hydrogens (tertiary/aromatic N) is 3. The molecule has 1 fully saturated rings. The number of rotatable bonds is 8. The topological polar surface area (TPSA) is 104 Å². The summed E-state index contributed by atoms with van der Waals surface area (Å²) < 4.78 is 38.6. The van der Waals surface area contributed by atoms with Gasteiger partial charge in [-0.05, 0) is 49.2 Å². The highest BCUT2D eigenvalue weighted by Gasteiger charge is 2.24. The smallest absolute Gasteiger partial charge is 0.261 e. The van der Waals surface area contributed by atoms with Crippen LogP contribution in [0.1, 0.15) is 22.5 Å². The standard InChI is InChI=1S/C26H25ClFN5O3S2/c27-21-14-18(6-7-22(21)28)31-24-20-15-23(37-26(20)30-16-29-24)25(34)32-17-8-10-33(11-9-17)12-13-38(35,36)19-4-2-1-3-5-19/h1-7,14-17H,8-13H2,(H,32,34)(H,29,30,31). The number of fused-ring (bicyclic) bond motifs is 1. The van der Waals surface area contributed by atoms with E-state index in [2.05, 4.69) is 25.5 Å². The first-order chi connectivity index (χ1) is 18.3. The number of aromatic nitrogens is 2. The lowest BCUT2D eigenvalue weighted by Crippen LogP contribution is -2.45. The van der Waals surface area contributed by atoms with Gasteiger partial charge in [0, 0.05) is 31.4 Å².